The smallest absolute Gasteiger partial charge is 0.243 e. The van der Waals surface area contributed by atoms with Gasteiger partial charge in [0, 0.05) is 45.1 Å². The van der Waals surface area contributed by atoms with Gasteiger partial charge in [0.15, 0.2) is 5.83 Å². The molecule has 2 aliphatic heterocycles. The Morgan fingerprint density at radius 1 is 1.03 bits per heavy atom. The van der Waals surface area contributed by atoms with Crippen molar-refractivity contribution in [2.24, 2.45) is 12.0 Å². The predicted molar refractivity (Wildman–Crippen MR) is 114 cm³/mol. The number of likely N-dealkylation sites (N-methyl/N-ethyl adjacent to an activating group) is 1. The van der Waals surface area contributed by atoms with Crippen molar-refractivity contribution in [1.29, 1.82) is 0 Å². The molecule has 8 nitrogen and oxygen atoms in total. The molecule has 30 heavy (non-hydrogen) atoms. The summed E-state index contributed by atoms with van der Waals surface area (Å²) in [5.74, 6) is 0.318. The van der Waals surface area contributed by atoms with E-state index < -0.39 is 15.9 Å². The molecule has 1 saturated heterocycles. The Bertz CT molecular complexity index is 1100. The first kappa shape index (κ1) is 20.7. The Balaban J connectivity index is 1.51. The van der Waals surface area contributed by atoms with Gasteiger partial charge >= 0.3 is 0 Å². The van der Waals surface area contributed by atoms with Gasteiger partial charge in [-0.2, -0.15) is 4.31 Å². The van der Waals surface area contributed by atoms with E-state index in [2.05, 4.69) is 14.9 Å². The highest BCUT2D eigenvalue weighted by Crippen LogP contribution is 2.25. The third kappa shape index (κ3) is 3.78. The maximum atomic E-state index is 14.7. The van der Waals surface area contributed by atoms with Gasteiger partial charge in [0.2, 0.25) is 10.0 Å². The van der Waals surface area contributed by atoms with E-state index in [0.29, 0.717) is 37.6 Å². The van der Waals surface area contributed by atoms with Crippen LogP contribution < -0.4 is 4.90 Å². The van der Waals surface area contributed by atoms with Gasteiger partial charge in [-0.05, 0) is 38.2 Å². The highest BCUT2D eigenvalue weighted by molar-refractivity contribution is 7.89. The molecular weight excluding hydrogens is 407 g/mol. The van der Waals surface area contributed by atoms with Crippen molar-refractivity contribution in [3.8, 4) is 0 Å². The fourth-order valence-electron chi connectivity index (χ4n) is 3.53. The number of nitrogens with zero attached hydrogens (tertiary/aromatic N) is 6. The highest BCUT2D eigenvalue weighted by Gasteiger charge is 2.27. The minimum atomic E-state index is -3.53. The van der Waals surface area contributed by atoms with Gasteiger partial charge in [0.25, 0.3) is 0 Å². The van der Waals surface area contributed by atoms with E-state index in [1.807, 2.05) is 21.0 Å². The molecular formula is C20H25FN6O2S. The van der Waals surface area contributed by atoms with Crippen LogP contribution in [-0.4, -0.2) is 72.8 Å². The maximum absolute atomic E-state index is 14.7. The van der Waals surface area contributed by atoms with E-state index in [1.165, 1.54) is 10.5 Å². The minimum absolute atomic E-state index is 0.234. The van der Waals surface area contributed by atoms with Crippen LogP contribution in [0.4, 0.5) is 10.1 Å². The number of aromatic nitrogens is 2. The summed E-state index contributed by atoms with van der Waals surface area (Å²) in [4.78, 5) is 12.6. The molecule has 0 N–H and O–H groups in total. The number of sulfonamides is 1. The molecule has 3 heterocycles. The average Bonchev–Trinajstić information content (AvgIpc) is 3.07. The molecule has 0 saturated carbocycles. The van der Waals surface area contributed by atoms with Crippen LogP contribution in [0.5, 0.6) is 0 Å². The fourth-order valence-corrected chi connectivity index (χ4v) is 4.95. The maximum Gasteiger partial charge on any atom is 0.243 e. The number of aryl methyl sites for hydroxylation is 1. The summed E-state index contributed by atoms with van der Waals surface area (Å²) in [6.45, 7) is 4.46. The molecule has 2 aromatic rings. The number of aliphatic imine (C=N–C) groups is 1. The highest BCUT2D eigenvalue weighted by atomic mass is 32.2. The molecule has 0 bridgehead atoms. The topological polar surface area (TPSA) is 74.0 Å². The second-order valence-corrected chi connectivity index (χ2v) is 9.48. The Kier molecular flexibility index (Phi) is 5.48. The monoisotopic (exact) mass is 432 g/mol. The van der Waals surface area contributed by atoms with Crippen LogP contribution in [0.25, 0.3) is 0 Å². The SMILES string of the molecule is Cc1ncc(C2=NCN(c3ccc(S(=O)(=O)N4CCN(C)CC4)cc3)C=C2F)n1C. The molecule has 0 atom stereocenters. The van der Waals surface area contributed by atoms with E-state index in [-0.39, 0.29) is 17.3 Å². The van der Waals surface area contributed by atoms with E-state index in [1.54, 1.807) is 39.9 Å². The summed E-state index contributed by atoms with van der Waals surface area (Å²) in [6.07, 6.45) is 2.99. The quantitative estimate of drug-likeness (QED) is 0.736. The van der Waals surface area contributed by atoms with Crippen molar-refractivity contribution >= 4 is 21.4 Å². The molecule has 4 rings (SSSR count). The van der Waals surface area contributed by atoms with Crippen LogP contribution in [-0.2, 0) is 17.1 Å². The second-order valence-electron chi connectivity index (χ2n) is 7.55. The minimum Gasteiger partial charge on any atom is -0.330 e. The third-order valence-electron chi connectivity index (χ3n) is 5.61. The van der Waals surface area contributed by atoms with Crippen LogP contribution in [0.2, 0.25) is 0 Å². The van der Waals surface area contributed by atoms with Crippen molar-refractivity contribution in [1.82, 2.24) is 18.8 Å². The van der Waals surface area contributed by atoms with Crippen molar-refractivity contribution in [2.45, 2.75) is 11.8 Å². The molecule has 1 aromatic carbocycles. The van der Waals surface area contributed by atoms with Crippen molar-refractivity contribution in [3.63, 3.8) is 0 Å². The van der Waals surface area contributed by atoms with Gasteiger partial charge in [0.05, 0.1) is 16.8 Å². The van der Waals surface area contributed by atoms with E-state index in [9.17, 15) is 12.8 Å². The number of benzene rings is 1. The summed E-state index contributed by atoms with van der Waals surface area (Å²) in [5, 5.41) is 0. The second kappa shape index (κ2) is 7.93. The molecule has 160 valence electrons. The first-order valence-electron chi connectivity index (χ1n) is 9.73. The van der Waals surface area contributed by atoms with Gasteiger partial charge in [-0.1, -0.05) is 0 Å². The van der Waals surface area contributed by atoms with Crippen LogP contribution in [0.1, 0.15) is 11.5 Å². The summed E-state index contributed by atoms with van der Waals surface area (Å²) in [6, 6.07) is 6.50. The lowest BCUT2D eigenvalue weighted by Crippen LogP contribution is -2.47. The van der Waals surface area contributed by atoms with Gasteiger partial charge in [-0.15, -0.1) is 0 Å². The van der Waals surface area contributed by atoms with E-state index in [4.69, 9.17) is 0 Å². The van der Waals surface area contributed by atoms with Crippen LogP contribution in [0.3, 0.4) is 0 Å². The number of halogens is 1. The molecule has 2 aliphatic rings. The molecule has 0 spiro atoms. The molecule has 1 aromatic heterocycles. The molecule has 1 fully saturated rings. The zero-order valence-corrected chi connectivity index (χ0v) is 18.1. The van der Waals surface area contributed by atoms with Crippen molar-refractivity contribution < 1.29 is 12.8 Å². The predicted octanol–water partition coefficient (Wildman–Crippen LogP) is 1.74. The third-order valence-corrected chi connectivity index (χ3v) is 7.52. The average molecular weight is 433 g/mol. The summed E-state index contributed by atoms with van der Waals surface area (Å²) in [5.41, 5.74) is 1.56. The Labute approximate surface area is 176 Å². The fraction of sp³-hybridized carbons (Fsp3) is 0.400. The zero-order valence-electron chi connectivity index (χ0n) is 17.3. The van der Waals surface area contributed by atoms with Crippen molar-refractivity contribution in [3.05, 3.63) is 54.0 Å². The van der Waals surface area contributed by atoms with E-state index in [0.717, 1.165) is 5.82 Å². The number of hydrogen-bond donors (Lipinski definition) is 0. The first-order valence-corrected chi connectivity index (χ1v) is 11.2. The molecule has 0 amide bonds. The summed E-state index contributed by atoms with van der Waals surface area (Å²) in [7, 11) is 0.269. The van der Waals surface area contributed by atoms with Crippen molar-refractivity contribution in [2.75, 3.05) is 44.8 Å². The molecule has 0 unspecified atom stereocenters. The largest absolute Gasteiger partial charge is 0.330 e. The number of anilines is 1. The van der Waals surface area contributed by atoms with Crippen LogP contribution in [0.15, 0.2) is 52.4 Å². The van der Waals surface area contributed by atoms with Gasteiger partial charge in [-0.25, -0.2) is 17.8 Å². The van der Waals surface area contributed by atoms with E-state index >= 15 is 0 Å². The lowest BCUT2D eigenvalue weighted by atomic mass is 10.2. The number of hydrogen-bond acceptors (Lipinski definition) is 6. The van der Waals surface area contributed by atoms with Gasteiger partial charge in [-0.3, -0.25) is 4.99 Å². The zero-order chi connectivity index (χ0) is 21.5. The number of allylic oxidation sites excluding steroid dienone is 1. The molecule has 10 heteroatoms. The van der Waals surface area contributed by atoms with Crippen LogP contribution in [0, 0.1) is 6.92 Å². The number of rotatable bonds is 4. The van der Waals surface area contributed by atoms with Crippen LogP contribution >= 0.6 is 0 Å². The summed E-state index contributed by atoms with van der Waals surface area (Å²) >= 11 is 0. The number of imidazole rings is 1. The molecule has 0 aliphatic carbocycles. The lowest BCUT2D eigenvalue weighted by molar-refractivity contribution is 0.222. The van der Waals surface area contributed by atoms with Gasteiger partial charge in [0.1, 0.15) is 18.2 Å². The normalized spacial score (nSPS) is 19.0. The number of piperazine rings is 1. The van der Waals surface area contributed by atoms with Gasteiger partial charge < -0.3 is 14.4 Å². The lowest BCUT2D eigenvalue weighted by Gasteiger charge is -2.31. The standard InChI is InChI=1S/C20H25FN6O2S/c1-15-22-12-19(25(15)3)20-18(21)13-26(14-23-20)16-4-6-17(7-5-16)30(28,29)27-10-8-24(2)9-11-27/h4-7,12-13H,8-11,14H2,1-3H3. The Hall–Kier alpha value is -2.56. The molecule has 0 radical (unpaired) electrons. The first-order chi connectivity index (χ1) is 14.3. The Morgan fingerprint density at radius 3 is 2.27 bits per heavy atom. The Morgan fingerprint density at radius 2 is 1.70 bits per heavy atom. The summed E-state index contributed by atoms with van der Waals surface area (Å²) < 4.78 is 43.8.